The van der Waals surface area contributed by atoms with E-state index >= 15 is 0 Å². The lowest BCUT2D eigenvalue weighted by Crippen LogP contribution is -2.14. The van der Waals surface area contributed by atoms with E-state index in [4.69, 9.17) is 21.4 Å². The highest BCUT2D eigenvalue weighted by molar-refractivity contribution is 6.32. The molecule has 6 heteroatoms. The van der Waals surface area contributed by atoms with Gasteiger partial charge in [0.1, 0.15) is 5.75 Å². The Morgan fingerprint density at radius 2 is 1.93 bits per heavy atom. The van der Waals surface area contributed by atoms with E-state index in [1.807, 2.05) is 18.2 Å². The Balaban J connectivity index is 1.69. The summed E-state index contributed by atoms with van der Waals surface area (Å²) in [5.74, 6) is 0.143. The highest BCUT2D eigenvalue weighted by atomic mass is 35.5. The Hall–Kier alpha value is -2.53. The van der Waals surface area contributed by atoms with Crippen molar-refractivity contribution in [2.75, 3.05) is 6.61 Å². The molecule has 4 rings (SSSR count). The van der Waals surface area contributed by atoms with E-state index in [0.717, 1.165) is 48.1 Å². The lowest BCUT2D eigenvalue weighted by molar-refractivity contribution is -0.139. The van der Waals surface area contributed by atoms with Crippen LogP contribution in [-0.2, 0) is 4.79 Å². The number of aromatic amines is 1. The maximum Gasteiger partial charge on any atom is 0.341 e. The molecule has 1 aromatic heterocycles. The minimum absolute atomic E-state index is 0.0187. The second-order valence-corrected chi connectivity index (χ2v) is 8.29. The number of carboxylic acids is 1. The molecule has 0 bridgehead atoms. The first-order chi connectivity index (χ1) is 14.0. The monoisotopic (exact) mass is 413 g/mol. The zero-order valence-corrected chi connectivity index (χ0v) is 16.9. The molecule has 2 saturated carbocycles. The number of pyridine rings is 1. The summed E-state index contributed by atoms with van der Waals surface area (Å²) < 4.78 is 5.23. The van der Waals surface area contributed by atoms with Crippen molar-refractivity contribution < 1.29 is 14.6 Å². The molecule has 0 radical (unpaired) electrons. The van der Waals surface area contributed by atoms with E-state index in [1.165, 1.54) is 12.8 Å². The lowest BCUT2D eigenvalue weighted by Gasteiger charge is -2.14. The average molecular weight is 414 g/mol. The summed E-state index contributed by atoms with van der Waals surface area (Å²) in [6.07, 6.45) is 9.12. The van der Waals surface area contributed by atoms with Gasteiger partial charge in [-0.2, -0.15) is 0 Å². The number of hydrogen-bond acceptors (Lipinski definition) is 3. The van der Waals surface area contributed by atoms with Crippen molar-refractivity contribution in [2.45, 2.75) is 44.4 Å². The first kappa shape index (κ1) is 19.8. The summed E-state index contributed by atoms with van der Waals surface area (Å²) in [7, 11) is 0. The molecule has 2 N–H and O–H groups in total. The van der Waals surface area contributed by atoms with E-state index in [2.05, 4.69) is 11.1 Å². The molecule has 0 aliphatic heterocycles. The molecule has 0 atom stereocenters. The van der Waals surface area contributed by atoms with Gasteiger partial charge >= 0.3 is 5.97 Å². The molecule has 0 amide bonds. The summed E-state index contributed by atoms with van der Waals surface area (Å²) in [6, 6.07) is 9.24. The Labute approximate surface area is 174 Å². The molecule has 152 valence electrons. The third-order valence-corrected chi connectivity index (χ3v) is 5.94. The number of H-pyrrole nitrogens is 1. The molecule has 1 aromatic carbocycles. The summed E-state index contributed by atoms with van der Waals surface area (Å²) in [5, 5.41) is 9.14. The lowest BCUT2D eigenvalue weighted by atomic mass is 9.95. The molecule has 2 aliphatic rings. The van der Waals surface area contributed by atoms with E-state index in [0.29, 0.717) is 22.6 Å². The van der Waals surface area contributed by atoms with Crippen molar-refractivity contribution >= 4 is 23.1 Å². The Morgan fingerprint density at radius 3 is 2.55 bits per heavy atom. The van der Waals surface area contributed by atoms with Crippen molar-refractivity contribution in [3.63, 3.8) is 0 Å². The van der Waals surface area contributed by atoms with Crippen molar-refractivity contribution in [3.8, 4) is 5.75 Å². The van der Waals surface area contributed by atoms with Crippen LogP contribution in [0.3, 0.4) is 0 Å². The number of ether oxygens (including phenoxy) is 1. The minimum atomic E-state index is -1.06. The number of benzene rings is 1. The molecule has 1 heterocycles. The Bertz CT molecular complexity index is 1000. The van der Waals surface area contributed by atoms with Crippen molar-refractivity contribution in [1.82, 2.24) is 4.98 Å². The molecular formula is C23H24ClNO4. The molecule has 5 nitrogen and oxygen atoms in total. The van der Waals surface area contributed by atoms with Crippen LogP contribution in [0.15, 0.2) is 41.2 Å². The molecule has 0 saturated heterocycles. The Kier molecular flexibility index (Phi) is 5.76. The second-order valence-electron chi connectivity index (χ2n) is 7.88. The predicted octanol–water partition coefficient (Wildman–Crippen LogP) is 4.99. The van der Waals surface area contributed by atoms with Gasteiger partial charge in [0.25, 0.3) is 5.56 Å². The van der Waals surface area contributed by atoms with Crippen molar-refractivity contribution in [1.29, 1.82) is 0 Å². The number of allylic oxidation sites excluding steroid dienone is 1. The van der Waals surface area contributed by atoms with Gasteiger partial charge in [0.05, 0.1) is 5.02 Å². The third kappa shape index (κ3) is 4.73. The summed E-state index contributed by atoms with van der Waals surface area (Å²) >= 11 is 6.35. The second kappa shape index (κ2) is 8.46. The smallest absolute Gasteiger partial charge is 0.341 e. The van der Waals surface area contributed by atoms with Crippen LogP contribution in [0.5, 0.6) is 5.75 Å². The van der Waals surface area contributed by atoms with Crippen LogP contribution in [0.1, 0.15) is 61.3 Å². The third-order valence-electron chi connectivity index (χ3n) is 5.64. The summed E-state index contributed by atoms with van der Waals surface area (Å²) in [6.45, 7) is -0.445. The molecular weight excluding hydrogens is 390 g/mol. The van der Waals surface area contributed by atoms with E-state index in [9.17, 15) is 9.59 Å². The van der Waals surface area contributed by atoms with Crippen molar-refractivity contribution in [3.05, 3.63) is 68.6 Å². The van der Waals surface area contributed by atoms with Gasteiger partial charge in [-0.25, -0.2) is 4.79 Å². The number of hydrogen-bond donors (Lipinski definition) is 2. The van der Waals surface area contributed by atoms with Crippen LogP contribution < -0.4 is 10.3 Å². The largest absolute Gasteiger partial charge is 0.480 e. The number of carbonyl (C=O) groups is 1. The number of aromatic nitrogens is 1. The zero-order valence-electron chi connectivity index (χ0n) is 16.1. The maximum atomic E-state index is 12.6. The number of rotatable bonds is 7. The first-order valence-electron chi connectivity index (χ1n) is 10.1. The van der Waals surface area contributed by atoms with Gasteiger partial charge in [0, 0.05) is 16.8 Å². The number of carboxylic acid groups (broad SMARTS) is 1. The van der Waals surface area contributed by atoms with Gasteiger partial charge in [0.15, 0.2) is 6.61 Å². The normalized spacial score (nSPS) is 17.5. The van der Waals surface area contributed by atoms with Crippen LogP contribution in [-0.4, -0.2) is 22.7 Å². The topological polar surface area (TPSA) is 79.4 Å². The average Bonchev–Trinajstić information content (AvgIpc) is 3.40. The van der Waals surface area contributed by atoms with Crippen LogP contribution in [0.25, 0.3) is 5.57 Å². The molecule has 2 fully saturated rings. The first-order valence-corrected chi connectivity index (χ1v) is 10.5. The highest BCUT2D eigenvalue weighted by Crippen LogP contribution is 2.39. The Morgan fingerprint density at radius 1 is 1.17 bits per heavy atom. The zero-order chi connectivity index (χ0) is 20.4. The van der Waals surface area contributed by atoms with Crippen LogP contribution >= 0.6 is 11.6 Å². The van der Waals surface area contributed by atoms with Crippen LogP contribution in [0.4, 0.5) is 0 Å². The van der Waals surface area contributed by atoms with Gasteiger partial charge in [-0.05, 0) is 61.3 Å². The van der Waals surface area contributed by atoms with Gasteiger partial charge in [-0.1, -0.05) is 42.7 Å². The standard InChI is InChI=1S/C23H24ClNO4/c24-19-12-16(7-10-21(19)29-13-22(26)27)18(11-14-3-1-2-4-14)20-9-8-17(15-5-6-15)23(28)25-20/h7-12,14-15H,1-6,13H2,(H,25,28)(H,26,27)/b18-11+. The molecule has 2 aliphatic carbocycles. The van der Waals surface area contributed by atoms with Gasteiger partial charge < -0.3 is 14.8 Å². The SMILES string of the molecule is O=C(O)COc1ccc(/C(=C\C2CCCC2)c2ccc(C3CC3)c(=O)[nH]2)cc1Cl. The molecule has 29 heavy (non-hydrogen) atoms. The fraction of sp³-hybridized carbons (Fsp3) is 0.391. The maximum absolute atomic E-state index is 12.6. The van der Waals surface area contributed by atoms with E-state index < -0.39 is 12.6 Å². The van der Waals surface area contributed by atoms with E-state index in [-0.39, 0.29) is 5.56 Å². The number of halogens is 1. The van der Waals surface area contributed by atoms with Gasteiger partial charge in [0.2, 0.25) is 0 Å². The molecule has 0 spiro atoms. The van der Waals surface area contributed by atoms with Crippen LogP contribution in [0.2, 0.25) is 5.02 Å². The number of nitrogens with one attached hydrogen (secondary N) is 1. The predicted molar refractivity (Wildman–Crippen MR) is 113 cm³/mol. The number of aliphatic carboxylic acids is 1. The summed E-state index contributed by atoms with van der Waals surface area (Å²) in [4.78, 5) is 26.4. The van der Waals surface area contributed by atoms with Gasteiger partial charge in [-0.15, -0.1) is 0 Å². The molecule has 0 unspecified atom stereocenters. The highest BCUT2D eigenvalue weighted by Gasteiger charge is 2.26. The fourth-order valence-electron chi connectivity index (χ4n) is 3.98. The molecule has 2 aromatic rings. The quantitative estimate of drug-likeness (QED) is 0.670. The van der Waals surface area contributed by atoms with Crippen LogP contribution in [0, 0.1) is 5.92 Å². The van der Waals surface area contributed by atoms with E-state index in [1.54, 1.807) is 12.1 Å². The van der Waals surface area contributed by atoms with Crippen molar-refractivity contribution in [2.24, 2.45) is 5.92 Å². The van der Waals surface area contributed by atoms with Gasteiger partial charge in [-0.3, -0.25) is 4.79 Å². The minimum Gasteiger partial charge on any atom is -0.480 e. The summed E-state index contributed by atoms with van der Waals surface area (Å²) in [5.41, 5.74) is 3.45. The fourth-order valence-corrected chi connectivity index (χ4v) is 4.22.